The molecule has 0 N–H and O–H groups in total. The van der Waals surface area contributed by atoms with Crippen LogP contribution in [0.2, 0.25) is 18.1 Å². The van der Waals surface area contributed by atoms with E-state index in [4.69, 9.17) is 18.9 Å². The highest BCUT2D eigenvalue weighted by molar-refractivity contribution is 6.74. The Morgan fingerprint density at radius 3 is 2.49 bits per heavy atom. The first-order valence-electron chi connectivity index (χ1n) is 13.5. The molecule has 6 heteroatoms. The largest absolute Gasteiger partial charge is 0.497 e. The van der Waals surface area contributed by atoms with Crippen molar-refractivity contribution in [3.8, 4) is 11.5 Å². The van der Waals surface area contributed by atoms with Crippen LogP contribution in [0, 0.1) is 0 Å². The monoisotopic (exact) mass is 520 g/mol. The maximum atomic E-state index is 6.58. The van der Waals surface area contributed by atoms with E-state index in [-0.39, 0.29) is 5.04 Å². The van der Waals surface area contributed by atoms with Gasteiger partial charge in [0.25, 0.3) is 0 Å². The lowest BCUT2D eigenvalue weighted by molar-refractivity contribution is 0.269. The molecule has 0 aliphatic heterocycles. The highest BCUT2D eigenvalue weighted by Gasteiger charge is 2.37. The molecule has 0 radical (unpaired) electrons. The van der Waals surface area contributed by atoms with E-state index < -0.39 is 8.32 Å². The lowest BCUT2D eigenvalue weighted by Crippen LogP contribution is -2.40. The molecule has 0 bridgehead atoms. The van der Waals surface area contributed by atoms with Crippen molar-refractivity contribution in [3.63, 3.8) is 0 Å². The summed E-state index contributed by atoms with van der Waals surface area (Å²) in [5.74, 6) is 2.11. The summed E-state index contributed by atoms with van der Waals surface area (Å²) in [6.07, 6.45) is 3.32. The van der Waals surface area contributed by atoms with E-state index in [1.165, 1.54) is 39.9 Å². The molecule has 1 aromatic heterocycles. The van der Waals surface area contributed by atoms with Crippen LogP contribution in [-0.2, 0) is 24.6 Å². The van der Waals surface area contributed by atoms with Gasteiger partial charge in [0.1, 0.15) is 11.5 Å². The first-order chi connectivity index (χ1) is 17.4. The first-order valence-corrected chi connectivity index (χ1v) is 16.4. The molecule has 2 aromatic carbocycles. The zero-order valence-electron chi connectivity index (χ0n) is 24.2. The van der Waals surface area contributed by atoms with Crippen molar-refractivity contribution in [2.24, 2.45) is 12.0 Å². The molecule has 3 aromatic rings. The molecule has 0 saturated carbocycles. The molecule has 5 nitrogen and oxygen atoms in total. The smallest absolute Gasteiger partial charge is 0.192 e. The van der Waals surface area contributed by atoms with Gasteiger partial charge in [-0.05, 0) is 84.8 Å². The number of rotatable bonds is 7. The maximum absolute atomic E-state index is 6.58. The Morgan fingerprint density at radius 1 is 1.05 bits per heavy atom. The standard InChI is InChI=1S/C31H44N2O3Si/c1-21-11-10-12-28(32-19-22-13-14-25(34-6)17-30(22)35-7)27-16-23-15-24(33(5)29(23)18-26(21)27)20-36-37(8,9)31(2,3)4/h13-18,21H,10-12,19-20H2,1-9H3. The molecule has 1 aliphatic carbocycles. The van der Waals surface area contributed by atoms with Crippen LogP contribution in [0.4, 0.5) is 0 Å². The van der Waals surface area contributed by atoms with Crippen LogP contribution in [0.1, 0.15) is 75.3 Å². The Balaban J connectivity index is 1.69. The van der Waals surface area contributed by atoms with Gasteiger partial charge in [0, 0.05) is 41.0 Å². The molecule has 1 atom stereocenters. The Morgan fingerprint density at radius 2 is 1.81 bits per heavy atom. The van der Waals surface area contributed by atoms with Gasteiger partial charge in [-0.2, -0.15) is 0 Å². The molecule has 37 heavy (non-hydrogen) atoms. The molecule has 0 spiro atoms. The number of hydrogen-bond donors (Lipinski definition) is 0. The zero-order valence-corrected chi connectivity index (χ0v) is 25.2. The van der Waals surface area contributed by atoms with Gasteiger partial charge in [0.05, 0.1) is 27.4 Å². The minimum absolute atomic E-state index is 0.197. The van der Waals surface area contributed by atoms with E-state index in [1.54, 1.807) is 14.2 Å². The summed E-state index contributed by atoms with van der Waals surface area (Å²) < 4.78 is 19.9. The Bertz CT molecular complexity index is 1300. The van der Waals surface area contributed by atoms with Gasteiger partial charge in [0.2, 0.25) is 0 Å². The normalized spacial score (nSPS) is 17.6. The highest BCUT2D eigenvalue weighted by atomic mass is 28.4. The number of aryl methyl sites for hydroxylation is 1. The molecular weight excluding hydrogens is 476 g/mol. The second-order valence-corrected chi connectivity index (χ2v) is 16.8. The second kappa shape index (κ2) is 10.7. The van der Waals surface area contributed by atoms with Crippen molar-refractivity contribution in [1.29, 1.82) is 0 Å². The van der Waals surface area contributed by atoms with Crippen LogP contribution in [0.3, 0.4) is 0 Å². The minimum atomic E-state index is -1.82. The number of fused-ring (bicyclic) bond motifs is 2. The fraction of sp³-hybridized carbons (Fsp3) is 0.516. The molecule has 0 fully saturated rings. The Hall–Kier alpha value is -2.57. The van der Waals surface area contributed by atoms with Gasteiger partial charge in [-0.15, -0.1) is 0 Å². The average molecular weight is 521 g/mol. The summed E-state index contributed by atoms with van der Waals surface area (Å²) in [4.78, 5) is 5.15. The third-order valence-electron chi connectivity index (χ3n) is 8.53. The van der Waals surface area contributed by atoms with Crippen molar-refractivity contribution in [2.75, 3.05) is 14.2 Å². The molecule has 0 saturated heterocycles. The lowest BCUT2D eigenvalue weighted by Gasteiger charge is -2.36. The average Bonchev–Trinajstić information content (AvgIpc) is 3.08. The summed E-state index contributed by atoms with van der Waals surface area (Å²) in [7, 11) is 3.73. The van der Waals surface area contributed by atoms with E-state index >= 15 is 0 Å². The van der Waals surface area contributed by atoms with Crippen LogP contribution < -0.4 is 9.47 Å². The Kier molecular flexibility index (Phi) is 7.91. The number of methoxy groups -OCH3 is 2. The van der Waals surface area contributed by atoms with Gasteiger partial charge < -0.3 is 18.5 Å². The summed E-state index contributed by atoms with van der Waals surface area (Å²) in [6.45, 7) is 15.1. The topological polar surface area (TPSA) is 45.0 Å². The number of benzene rings is 2. The van der Waals surface area contributed by atoms with E-state index in [9.17, 15) is 0 Å². The van der Waals surface area contributed by atoms with Crippen LogP contribution in [0.5, 0.6) is 11.5 Å². The molecule has 1 unspecified atom stereocenters. The highest BCUT2D eigenvalue weighted by Crippen LogP contribution is 2.38. The number of hydrogen-bond acceptors (Lipinski definition) is 4. The van der Waals surface area contributed by atoms with Gasteiger partial charge in [-0.25, -0.2) is 0 Å². The van der Waals surface area contributed by atoms with Gasteiger partial charge >= 0.3 is 0 Å². The lowest BCUT2D eigenvalue weighted by atomic mass is 9.92. The van der Waals surface area contributed by atoms with Crippen molar-refractivity contribution in [1.82, 2.24) is 4.57 Å². The van der Waals surface area contributed by atoms with Gasteiger partial charge in [-0.3, -0.25) is 4.99 Å². The van der Waals surface area contributed by atoms with Crippen LogP contribution in [-0.4, -0.2) is 32.8 Å². The maximum Gasteiger partial charge on any atom is 0.192 e. The van der Waals surface area contributed by atoms with Gasteiger partial charge in [-0.1, -0.05) is 27.7 Å². The first kappa shape index (κ1) is 27.5. The number of ether oxygens (including phenoxy) is 2. The molecular formula is C31H44N2O3Si. The molecule has 4 rings (SSSR count). The minimum Gasteiger partial charge on any atom is -0.497 e. The van der Waals surface area contributed by atoms with E-state index in [0.717, 1.165) is 29.9 Å². The van der Waals surface area contributed by atoms with Crippen LogP contribution in [0.15, 0.2) is 41.4 Å². The zero-order chi connectivity index (χ0) is 27.0. The van der Waals surface area contributed by atoms with Crippen LogP contribution >= 0.6 is 0 Å². The molecule has 0 amide bonds. The predicted octanol–water partition coefficient (Wildman–Crippen LogP) is 7.99. The fourth-order valence-electron chi connectivity index (χ4n) is 4.92. The number of nitrogens with zero attached hydrogens (tertiary/aromatic N) is 2. The summed E-state index contributed by atoms with van der Waals surface area (Å²) in [6, 6.07) is 13.0. The van der Waals surface area contributed by atoms with E-state index in [1.807, 2.05) is 12.1 Å². The second-order valence-electron chi connectivity index (χ2n) is 12.0. The SMILES string of the molecule is COc1ccc(CN=C2CCCC(C)c3cc4c(cc32)cc(CO[Si](C)(C)C(C)(C)C)n4C)c(OC)c1. The summed E-state index contributed by atoms with van der Waals surface area (Å²) >= 11 is 0. The predicted molar refractivity (Wildman–Crippen MR) is 157 cm³/mol. The third kappa shape index (κ3) is 5.65. The fourth-order valence-corrected chi connectivity index (χ4v) is 5.86. The molecule has 1 aliphatic rings. The van der Waals surface area contributed by atoms with Crippen molar-refractivity contribution in [3.05, 3.63) is 58.8 Å². The Labute approximate surface area is 224 Å². The quantitative estimate of drug-likeness (QED) is 0.234. The number of aromatic nitrogens is 1. The van der Waals surface area contributed by atoms with Gasteiger partial charge in [0.15, 0.2) is 8.32 Å². The van der Waals surface area contributed by atoms with Crippen molar-refractivity contribution in [2.45, 2.75) is 84.2 Å². The van der Waals surface area contributed by atoms with Crippen LogP contribution in [0.25, 0.3) is 10.9 Å². The third-order valence-corrected chi connectivity index (χ3v) is 13.0. The number of aliphatic imine (C=N–C) groups is 1. The van der Waals surface area contributed by atoms with Crippen molar-refractivity contribution >= 4 is 24.9 Å². The molecule has 1 heterocycles. The summed E-state index contributed by atoms with van der Waals surface area (Å²) in [5, 5.41) is 1.46. The van der Waals surface area contributed by atoms with E-state index in [0.29, 0.717) is 19.1 Å². The summed E-state index contributed by atoms with van der Waals surface area (Å²) in [5.41, 5.74) is 7.48. The van der Waals surface area contributed by atoms with E-state index in [2.05, 4.69) is 76.7 Å². The molecule has 200 valence electrons. The van der Waals surface area contributed by atoms with Crippen molar-refractivity contribution < 1.29 is 13.9 Å².